The van der Waals surface area contributed by atoms with E-state index in [1.54, 1.807) is 11.3 Å². The maximum atomic E-state index is 5.82. The molecule has 0 bridgehead atoms. The van der Waals surface area contributed by atoms with Crippen molar-refractivity contribution in [3.8, 4) is 11.1 Å². The van der Waals surface area contributed by atoms with Gasteiger partial charge in [-0.2, -0.15) is 0 Å². The molecule has 0 saturated heterocycles. The number of hydrogen-bond donors (Lipinski definition) is 1. The van der Waals surface area contributed by atoms with Gasteiger partial charge in [-0.15, -0.1) is 11.3 Å². The first-order valence-electron chi connectivity index (χ1n) is 4.16. The quantitative estimate of drug-likeness (QED) is 0.731. The summed E-state index contributed by atoms with van der Waals surface area (Å²) >= 11 is 1.64. The predicted octanol–water partition coefficient (Wildman–Crippen LogP) is 3.31. The fourth-order valence-corrected chi connectivity index (χ4v) is 2.02. The molecule has 0 amide bonds. The highest BCUT2D eigenvalue weighted by molar-refractivity contribution is 7.08. The third-order valence-corrected chi connectivity index (χ3v) is 2.82. The molecule has 2 heteroatoms. The Balaban J connectivity index is 2.47. The van der Waals surface area contributed by atoms with E-state index in [9.17, 15) is 0 Å². The molecule has 1 aromatic carbocycles. The van der Waals surface area contributed by atoms with Crippen molar-refractivity contribution in [2.45, 2.75) is 6.92 Å². The molecule has 1 aromatic heterocycles. The molecule has 1 nitrogen and oxygen atoms in total. The number of anilines is 1. The molecule has 0 spiro atoms. The van der Waals surface area contributed by atoms with Crippen LogP contribution in [0, 0.1) is 6.92 Å². The Morgan fingerprint density at radius 2 is 1.77 bits per heavy atom. The molecule has 0 aliphatic carbocycles. The summed E-state index contributed by atoms with van der Waals surface area (Å²) in [7, 11) is 0. The number of hydrogen-bond acceptors (Lipinski definition) is 2. The zero-order valence-corrected chi connectivity index (χ0v) is 8.27. The van der Waals surface area contributed by atoms with E-state index in [0.29, 0.717) is 0 Å². The van der Waals surface area contributed by atoms with E-state index in [4.69, 9.17) is 5.73 Å². The lowest BCUT2D eigenvalue weighted by atomic mass is 10.1. The Morgan fingerprint density at radius 3 is 2.31 bits per heavy atom. The molecule has 13 heavy (non-hydrogen) atoms. The fourth-order valence-electron chi connectivity index (χ4n) is 1.27. The smallest absolute Gasteiger partial charge is 0.0502 e. The first-order chi connectivity index (χ1) is 6.27. The van der Waals surface area contributed by atoms with Crippen molar-refractivity contribution < 1.29 is 0 Å². The minimum atomic E-state index is 0.869. The molecular weight excluding hydrogens is 178 g/mol. The van der Waals surface area contributed by atoms with Crippen LogP contribution in [0.2, 0.25) is 0 Å². The van der Waals surface area contributed by atoms with Gasteiger partial charge in [-0.05, 0) is 12.5 Å². The fraction of sp³-hybridized carbons (Fsp3) is 0.0909. The average Bonchev–Trinajstić information content (AvgIpc) is 2.53. The highest BCUT2D eigenvalue weighted by atomic mass is 32.1. The lowest BCUT2D eigenvalue weighted by Gasteiger charge is -2.00. The number of thiophene rings is 1. The van der Waals surface area contributed by atoms with Crippen molar-refractivity contribution >= 4 is 17.0 Å². The predicted molar refractivity (Wildman–Crippen MR) is 58.9 cm³/mol. The van der Waals surface area contributed by atoms with Crippen molar-refractivity contribution in [1.29, 1.82) is 0 Å². The Kier molecular flexibility index (Phi) is 2.07. The van der Waals surface area contributed by atoms with E-state index < -0.39 is 0 Å². The van der Waals surface area contributed by atoms with E-state index in [0.717, 1.165) is 11.3 Å². The van der Waals surface area contributed by atoms with Crippen LogP contribution in [-0.2, 0) is 0 Å². The zero-order valence-electron chi connectivity index (χ0n) is 7.45. The van der Waals surface area contributed by atoms with Gasteiger partial charge < -0.3 is 5.73 Å². The van der Waals surface area contributed by atoms with E-state index in [-0.39, 0.29) is 0 Å². The number of nitrogens with two attached hydrogens (primary N) is 1. The van der Waals surface area contributed by atoms with Crippen LogP contribution < -0.4 is 5.73 Å². The number of nitrogen functional groups attached to an aromatic ring is 1. The number of benzene rings is 1. The Bertz CT molecular complexity index is 400. The van der Waals surface area contributed by atoms with Gasteiger partial charge in [0.2, 0.25) is 0 Å². The molecule has 1 heterocycles. The third-order valence-electron chi connectivity index (χ3n) is 2.05. The largest absolute Gasteiger partial charge is 0.398 e. The second-order valence-electron chi connectivity index (χ2n) is 3.11. The van der Waals surface area contributed by atoms with Crippen LogP contribution in [0.3, 0.4) is 0 Å². The molecule has 0 aliphatic rings. The minimum Gasteiger partial charge on any atom is -0.398 e. The highest BCUT2D eigenvalue weighted by Gasteiger charge is 2.01. The highest BCUT2D eigenvalue weighted by Crippen LogP contribution is 2.29. The van der Waals surface area contributed by atoms with Crippen LogP contribution in [0.4, 0.5) is 5.69 Å². The summed E-state index contributed by atoms with van der Waals surface area (Å²) in [6, 6.07) is 8.42. The summed E-state index contributed by atoms with van der Waals surface area (Å²) in [5.41, 5.74) is 10.3. The van der Waals surface area contributed by atoms with Gasteiger partial charge in [0.05, 0.1) is 5.69 Å². The molecule has 2 aromatic rings. The zero-order chi connectivity index (χ0) is 9.26. The normalized spacial score (nSPS) is 10.2. The molecule has 0 aliphatic heterocycles. The summed E-state index contributed by atoms with van der Waals surface area (Å²) < 4.78 is 0. The summed E-state index contributed by atoms with van der Waals surface area (Å²) in [6.45, 7) is 2.08. The second-order valence-corrected chi connectivity index (χ2v) is 3.85. The standard InChI is InChI=1S/C11H11NS/c1-8-2-4-9(5-3-8)10-6-13-7-11(10)12/h2-7H,12H2,1H3. The van der Waals surface area contributed by atoms with Gasteiger partial charge in [-0.25, -0.2) is 0 Å². The van der Waals surface area contributed by atoms with Gasteiger partial charge in [-0.1, -0.05) is 29.8 Å². The van der Waals surface area contributed by atoms with Gasteiger partial charge in [0.15, 0.2) is 0 Å². The van der Waals surface area contributed by atoms with Crippen molar-refractivity contribution in [2.75, 3.05) is 5.73 Å². The first-order valence-corrected chi connectivity index (χ1v) is 5.10. The third kappa shape index (κ3) is 1.58. The van der Waals surface area contributed by atoms with Crippen LogP contribution in [0.1, 0.15) is 5.56 Å². The van der Waals surface area contributed by atoms with Crippen LogP contribution >= 0.6 is 11.3 Å². The Morgan fingerprint density at radius 1 is 1.08 bits per heavy atom. The minimum absolute atomic E-state index is 0.869. The Hall–Kier alpha value is -1.28. The van der Waals surface area contributed by atoms with Gasteiger partial charge in [0.25, 0.3) is 0 Å². The van der Waals surface area contributed by atoms with Gasteiger partial charge >= 0.3 is 0 Å². The van der Waals surface area contributed by atoms with E-state index >= 15 is 0 Å². The molecule has 0 unspecified atom stereocenters. The summed E-state index contributed by atoms with van der Waals surface area (Å²) in [5.74, 6) is 0. The van der Waals surface area contributed by atoms with Crippen molar-refractivity contribution in [3.63, 3.8) is 0 Å². The summed E-state index contributed by atoms with van der Waals surface area (Å²) in [4.78, 5) is 0. The van der Waals surface area contributed by atoms with Crippen LogP contribution in [0.15, 0.2) is 35.0 Å². The van der Waals surface area contributed by atoms with Gasteiger partial charge in [0, 0.05) is 16.3 Å². The van der Waals surface area contributed by atoms with E-state index in [1.165, 1.54) is 11.1 Å². The molecule has 0 saturated carbocycles. The van der Waals surface area contributed by atoms with Crippen molar-refractivity contribution in [2.24, 2.45) is 0 Å². The molecule has 66 valence electrons. The summed E-state index contributed by atoms with van der Waals surface area (Å²) in [5, 5.41) is 4.05. The number of rotatable bonds is 1. The maximum Gasteiger partial charge on any atom is 0.0502 e. The molecular formula is C11H11NS. The van der Waals surface area contributed by atoms with E-state index in [1.807, 2.05) is 5.38 Å². The molecule has 0 atom stereocenters. The SMILES string of the molecule is Cc1ccc(-c2cscc2N)cc1. The Labute approximate surface area is 81.8 Å². The van der Waals surface area contributed by atoms with Crippen LogP contribution in [0.25, 0.3) is 11.1 Å². The van der Waals surface area contributed by atoms with Crippen LogP contribution in [0.5, 0.6) is 0 Å². The molecule has 0 radical (unpaired) electrons. The lowest BCUT2D eigenvalue weighted by molar-refractivity contribution is 1.47. The lowest BCUT2D eigenvalue weighted by Crippen LogP contribution is -1.84. The maximum absolute atomic E-state index is 5.82. The van der Waals surface area contributed by atoms with E-state index in [2.05, 4.69) is 36.6 Å². The molecule has 2 rings (SSSR count). The topological polar surface area (TPSA) is 26.0 Å². The summed E-state index contributed by atoms with van der Waals surface area (Å²) in [6.07, 6.45) is 0. The number of aryl methyl sites for hydroxylation is 1. The van der Waals surface area contributed by atoms with Crippen molar-refractivity contribution in [1.82, 2.24) is 0 Å². The van der Waals surface area contributed by atoms with Gasteiger partial charge in [-0.3, -0.25) is 0 Å². The van der Waals surface area contributed by atoms with Crippen molar-refractivity contribution in [3.05, 3.63) is 40.6 Å². The first kappa shape index (κ1) is 8.32. The molecule has 2 N–H and O–H groups in total. The average molecular weight is 189 g/mol. The molecule has 0 fully saturated rings. The van der Waals surface area contributed by atoms with Gasteiger partial charge in [0.1, 0.15) is 0 Å². The second kappa shape index (κ2) is 3.23. The monoisotopic (exact) mass is 189 g/mol. The van der Waals surface area contributed by atoms with Crippen LogP contribution in [-0.4, -0.2) is 0 Å².